The van der Waals surface area contributed by atoms with Gasteiger partial charge in [0.05, 0.1) is 14.1 Å². The Bertz CT molecular complexity index is 276. The molecular formula is C7H11IN2OS2. The molecule has 0 atom stereocenters. The molecular weight excluding hydrogens is 319 g/mol. The number of hydrogen-bond donors (Lipinski definition) is 1. The predicted molar refractivity (Wildman–Crippen MR) is 54.2 cm³/mol. The minimum atomic E-state index is -0.0570. The van der Waals surface area contributed by atoms with E-state index in [9.17, 15) is 4.79 Å². The molecule has 13 heavy (non-hydrogen) atoms. The van der Waals surface area contributed by atoms with E-state index >= 15 is 0 Å². The zero-order chi connectivity index (χ0) is 9.35. The van der Waals surface area contributed by atoms with Gasteiger partial charge in [-0.15, -0.1) is 0 Å². The second kappa shape index (κ2) is 4.72. The topological polar surface area (TPSA) is 29.1 Å². The molecule has 0 unspecified atom stereocenters. The van der Waals surface area contributed by atoms with Crippen molar-refractivity contribution in [1.29, 1.82) is 0 Å². The summed E-state index contributed by atoms with van der Waals surface area (Å²) in [5, 5.41) is 3.54. The van der Waals surface area contributed by atoms with E-state index in [2.05, 4.69) is 5.32 Å². The van der Waals surface area contributed by atoms with Crippen LogP contribution in [0.4, 0.5) is 0 Å². The van der Waals surface area contributed by atoms with Crippen LogP contribution in [0.3, 0.4) is 0 Å². The molecule has 1 amide bonds. The molecule has 0 radical (unpaired) electrons. The van der Waals surface area contributed by atoms with Crippen LogP contribution in [0.5, 0.6) is 0 Å². The van der Waals surface area contributed by atoms with Gasteiger partial charge in [0.1, 0.15) is 11.2 Å². The van der Waals surface area contributed by atoms with Gasteiger partial charge in [0.2, 0.25) is 10.2 Å². The molecule has 0 saturated carbocycles. The van der Waals surface area contributed by atoms with Crippen molar-refractivity contribution in [2.75, 3.05) is 14.1 Å². The predicted octanol–water partition coefficient (Wildman–Crippen LogP) is -1.97. The van der Waals surface area contributed by atoms with Crippen LogP contribution in [-0.2, 0) is 4.79 Å². The third-order valence-electron chi connectivity index (χ3n) is 1.41. The Hall–Kier alpha value is 0.340. The number of rotatable bonds is 1. The first-order chi connectivity index (χ1) is 5.42. The molecule has 0 aromatic rings. The van der Waals surface area contributed by atoms with Crippen molar-refractivity contribution in [3.05, 3.63) is 11.2 Å². The van der Waals surface area contributed by atoms with Crippen LogP contribution < -0.4 is 29.3 Å². The summed E-state index contributed by atoms with van der Waals surface area (Å²) < 4.78 is 1.40. The second-order valence-corrected chi connectivity index (χ2v) is 4.76. The van der Waals surface area contributed by atoms with Gasteiger partial charge in [-0.25, -0.2) is 0 Å². The van der Waals surface area contributed by atoms with E-state index < -0.39 is 0 Å². The van der Waals surface area contributed by atoms with Crippen molar-refractivity contribution in [3.63, 3.8) is 0 Å². The summed E-state index contributed by atoms with van der Waals surface area (Å²) in [5.41, 5.74) is 0. The highest BCUT2D eigenvalue weighted by atomic mass is 127. The number of amides is 1. The van der Waals surface area contributed by atoms with Crippen molar-refractivity contribution < 1.29 is 33.3 Å². The number of carbonyl (C=O) groups excluding carboxylic acids is 1. The zero-order valence-electron chi connectivity index (χ0n) is 7.63. The lowest BCUT2D eigenvalue weighted by molar-refractivity contribution is -0.734. The van der Waals surface area contributed by atoms with E-state index in [1.54, 1.807) is 0 Å². The van der Waals surface area contributed by atoms with Crippen LogP contribution in [-0.4, -0.2) is 28.8 Å². The van der Waals surface area contributed by atoms with E-state index in [0.29, 0.717) is 4.48 Å². The molecule has 1 heterocycles. The number of carbonyl (C=O) groups is 1. The Balaban J connectivity index is 0.00000144. The summed E-state index contributed by atoms with van der Waals surface area (Å²) >= 11 is 6.55. The lowest BCUT2D eigenvalue weighted by Gasteiger charge is -2.16. The molecule has 6 heteroatoms. The van der Waals surface area contributed by atoms with E-state index in [0.717, 1.165) is 9.35 Å². The summed E-state index contributed by atoms with van der Waals surface area (Å²) in [6.45, 7) is 1.49. The minimum absolute atomic E-state index is 0. The Kier molecular flexibility index (Phi) is 4.84. The Morgan fingerprint density at radius 2 is 2.15 bits per heavy atom. The molecule has 0 spiro atoms. The van der Waals surface area contributed by atoms with E-state index in [1.807, 2.05) is 20.3 Å². The van der Waals surface area contributed by atoms with Crippen LogP contribution in [0, 0.1) is 0 Å². The molecule has 0 bridgehead atoms. The molecule has 0 aromatic carbocycles. The van der Waals surface area contributed by atoms with E-state index in [-0.39, 0.29) is 29.9 Å². The number of thiocarbonyl (C=S) groups is 1. The summed E-state index contributed by atoms with van der Waals surface area (Å²) in [5.74, 6) is -0.0570. The van der Waals surface area contributed by atoms with Gasteiger partial charge in [0.25, 0.3) is 0 Å². The van der Waals surface area contributed by atoms with Crippen molar-refractivity contribution in [2.24, 2.45) is 0 Å². The maximum Gasteiger partial charge on any atom is 0.244 e. The average molecular weight is 330 g/mol. The Morgan fingerprint density at radius 1 is 1.62 bits per heavy atom. The van der Waals surface area contributed by atoms with Crippen molar-refractivity contribution in [3.8, 4) is 0 Å². The molecule has 1 rings (SSSR count). The smallest absolute Gasteiger partial charge is 0.244 e. The van der Waals surface area contributed by atoms with Crippen molar-refractivity contribution in [2.45, 2.75) is 6.92 Å². The molecule has 1 aliphatic rings. The molecule has 3 nitrogen and oxygen atoms in total. The van der Waals surface area contributed by atoms with E-state index in [1.165, 1.54) is 18.7 Å². The Morgan fingerprint density at radius 3 is 2.46 bits per heavy atom. The fourth-order valence-electron chi connectivity index (χ4n) is 0.815. The van der Waals surface area contributed by atoms with Crippen LogP contribution in [0.1, 0.15) is 6.92 Å². The zero-order valence-corrected chi connectivity index (χ0v) is 11.4. The van der Waals surface area contributed by atoms with Gasteiger partial charge in [-0.3, -0.25) is 9.28 Å². The number of nitrogens with zero attached hydrogens (tertiary/aromatic N) is 1. The SMILES string of the molecule is CC(=O)NC1=C[N+](C)(C)C(=S)S1.[I-]. The standard InChI is InChI=1S/C7H10N2OS2.HI/c1-5(10)8-6-4-9(2,3)7(11)12-6;/h4H,1-3H3;1H. The number of thioether (sulfide) groups is 1. The summed E-state index contributed by atoms with van der Waals surface area (Å²) in [6, 6.07) is 0. The van der Waals surface area contributed by atoms with E-state index in [4.69, 9.17) is 12.2 Å². The number of halogens is 1. The molecule has 0 aliphatic carbocycles. The molecule has 74 valence electrons. The van der Waals surface area contributed by atoms with Gasteiger partial charge in [-0.05, 0) is 12.2 Å². The first kappa shape index (κ1) is 13.3. The number of quaternary nitrogens is 1. The number of nitrogens with one attached hydrogen (secondary N) is 1. The molecule has 1 N–H and O–H groups in total. The van der Waals surface area contributed by atoms with Gasteiger partial charge < -0.3 is 29.3 Å². The normalized spacial score (nSPS) is 19.0. The number of hydrogen-bond acceptors (Lipinski definition) is 3. The maximum absolute atomic E-state index is 10.7. The molecule has 0 fully saturated rings. The van der Waals surface area contributed by atoms with Crippen LogP contribution >= 0.6 is 24.0 Å². The molecule has 0 aromatic heterocycles. The highest BCUT2D eigenvalue weighted by Crippen LogP contribution is 2.29. The fraction of sp³-hybridized carbons (Fsp3) is 0.429. The Labute approximate surface area is 105 Å². The summed E-state index contributed by atoms with van der Waals surface area (Å²) in [4.78, 5) is 10.7. The monoisotopic (exact) mass is 330 g/mol. The van der Waals surface area contributed by atoms with Gasteiger partial charge >= 0.3 is 0 Å². The van der Waals surface area contributed by atoms with Crippen molar-refractivity contribution in [1.82, 2.24) is 5.32 Å². The fourth-order valence-corrected chi connectivity index (χ4v) is 2.12. The summed E-state index contributed by atoms with van der Waals surface area (Å²) in [7, 11) is 3.95. The third-order valence-corrected chi connectivity index (χ3v) is 3.20. The average Bonchev–Trinajstić information content (AvgIpc) is 2.04. The summed E-state index contributed by atoms with van der Waals surface area (Å²) in [6.07, 6.45) is 1.92. The molecule has 1 aliphatic heterocycles. The lowest BCUT2D eigenvalue weighted by Crippen LogP contribution is -3.00. The van der Waals surface area contributed by atoms with Crippen LogP contribution in [0.25, 0.3) is 0 Å². The highest BCUT2D eigenvalue weighted by Gasteiger charge is 2.31. The first-order valence-electron chi connectivity index (χ1n) is 3.48. The minimum Gasteiger partial charge on any atom is -1.00 e. The lowest BCUT2D eigenvalue weighted by atomic mass is 10.6. The highest BCUT2D eigenvalue weighted by molar-refractivity contribution is 8.25. The van der Waals surface area contributed by atoms with Gasteiger partial charge in [0.15, 0.2) is 0 Å². The van der Waals surface area contributed by atoms with Gasteiger partial charge in [0, 0.05) is 18.7 Å². The van der Waals surface area contributed by atoms with Crippen LogP contribution in [0.2, 0.25) is 0 Å². The van der Waals surface area contributed by atoms with Gasteiger partial charge in [-0.2, -0.15) is 0 Å². The second-order valence-electron chi connectivity index (χ2n) is 3.08. The molecule has 0 saturated heterocycles. The van der Waals surface area contributed by atoms with Crippen molar-refractivity contribution >= 4 is 34.2 Å². The third kappa shape index (κ3) is 3.53. The first-order valence-corrected chi connectivity index (χ1v) is 4.71. The maximum atomic E-state index is 10.7. The van der Waals surface area contributed by atoms with Gasteiger partial charge in [-0.1, -0.05) is 0 Å². The van der Waals surface area contributed by atoms with Crippen LogP contribution in [0.15, 0.2) is 11.2 Å². The largest absolute Gasteiger partial charge is 1.00 e. The quantitative estimate of drug-likeness (QED) is 0.344.